The van der Waals surface area contributed by atoms with Crippen molar-refractivity contribution in [3.05, 3.63) is 52.5 Å². The molecule has 6 nitrogen and oxygen atoms in total. The highest BCUT2D eigenvalue weighted by atomic mass is 35.5. The first kappa shape index (κ1) is 21.4. The molecule has 0 aromatic heterocycles. The van der Waals surface area contributed by atoms with Crippen LogP contribution in [-0.4, -0.2) is 36.9 Å². The summed E-state index contributed by atoms with van der Waals surface area (Å²) in [5.41, 5.74) is -1.25. The number of carboxylic acids is 1. The maximum atomic E-state index is 13.6. The number of aromatic carboxylic acids is 1. The van der Waals surface area contributed by atoms with E-state index < -0.39 is 32.6 Å². The van der Waals surface area contributed by atoms with Gasteiger partial charge in [0.2, 0.25) is 10.0 Å². The lowest BCUT2D eigenvalue weighted by atomic mass is 10.1. The van der Waals surface area contributed by atoms with Crippen LogP contribution in [0.2, 0.25) is 5.02 Å². The number of carbonyl (C=O) groups is 1. The first-order valence-electron chi connectivity index (χ1n) is 8.40. The van der Waals surface area contributed by atoms with Crippen molar-refractivity contribution in [2.75, 3.05) is 12.4 Å². The smallest absolute Gasteiger partial charge is 0.417 e. The van der Waals surface area contributed by atoms with Crippen molar-refractivity contribution in [3.8, 4) is 0 Å². The predicted molar refractivity (Wildman–Crippen MR) is 101 cm³/mol. The molecule has 0 spiro atoms. The Labute approximate surface area is 169 Å². The van der Waals surface area contributed by atoms with Gasteiger partial charge in [0.25, 0.3) is 0 Å². The lowest BCUT2D eigenvalue weighted by molar-refractivity contribution is -0.139. The zero-order valence-electron chi connectivity index (χ0n) is 15.0. The van der Waals surface area contributed by atoms with E-state index in [1.54, 1.807) is 0 Å². The summed E-state index contributed by atoms with van der Waals surface area (Å²) in [4.78, 5) is 10.1. The standard InChI is InChI=1S/C18H16ClF3N2O4S/c1-24(12-4-5-12)29(27,28)16-7-3-11(9-13(16)18(20,21)22)23-15-6-2-10(17(25)26)8-14(15)19/h2-3,6-9,12,23H,4-5H2,1H3,(H,25,26). The third-order valence-corrected chi connectivity index (χ3v) is 6.78. The van der Waals surface area contributed by atoms with E-state index in [0.717, 1.165) is 16.4 Å². The van der Waals surface area contributed by atoms with Crippen molar-refractivity contribution in [1.82, 2.24) is 4.31 Å². The number of halogens is 4. The zero-order valence-corrected chi connectivity index (χ0v) is 16.6. The van der Waals surface area contributed by atoms with Gasteiger partial charge in [0.15, 0.2) is 0 Å². The molecule has 0 atom stereocenters. The highest BCUT2D eigenvalue weighted by Crippen LogP contribution is 2.39. The van der Waals surface area contributed by atoms with Gasteiger partial charge in [-0.3, -0.25) is 0 Å². The van der Waals surface area contributed by atoms with Crippen LogP contribution in [0.1, 0.15) is 28.8 Å². The predicted octanol–water partition coefficient (Wildman–Crippen LogP) is 4.58. The summed E-state index contributed by atoms with van der Waals surface area (Å²) in [6, 6.07) is 6.21. The van der Waals surface area contributed by atoms with E-state index in [0.29, 0.717) is 18.9 Å². The second-order valence-corrected chi connectivity index (χ2v) is 8.96. The van der Waals surface area contributed by atoms with Gasteiger partial charge in [-0.05, 0) is 49.2 Å². The second kappa shape index (κ2) is 7.51. The van der Waals surface area contributed by atoms with Crippen LogP contribution in [0, 0.1) is 0 Å². The topological polar surface area (TPSA) is 86.7 Å². The molecule has 2 aromatic rings. The average Bonchev–Trinajstić information content (AvgIpc) is 3.46. The second-order valence-electron chi connectivity index (χ2n) is 6.59. The summed E-state index contributed by atoms with van der Waals surface area (Å²) in [5, 5.41) is 11.6. The normalized spacial score (nSPS) is 14.8. The minimum absolute atomic E-state index is 0.0105. The number of anilines is 2. The number of nitrogens with one attached hydrogen (secondary N) is 1. The van der Waals surface area contributed by atoms with Crippen LogP contribution < -0.4 is 5.32 Å². The lowest BCUT2D eigenvalue weighted by Gasteiger charge is -2.21. The number of rotatable bonds is 6. The van der Waals surface area contributed by atoms with Gasteiger partial charge < -0.3 is 10.4 Å². The monoisotopic (exact) mass is 448 g/mol. The summed E-state index contributed by atoms with van der Waals surface area (Å²) in [7, 11) is -3.04. The van der Waals surface area contributed by atoms with E-state index >= 15 is 0 Å². The van der Waals surface area contributed by atoms with Gasteiger partial charge in [0.1, 0.15) is 0 Å². The minimum Gasteiger partial charge on any atom is -0.478 e. The number of nitrogens with zero attached hydrogens (tertiary/aromatic N) is 1. The highest BCUT2D eigenvalue weighted by Gasteiger charge is 2.42. The van der Waals surface area contributed by atoms with Crippen LogP contribution in [0.3, 0.4) is 0 Å². The first-order valence-corrected chi connectivity index (χ1v) is 10.2. The van der Waals surface area contributed by atoms with Gasteiger partial charge in [0.05, 0.1) is 26.7 Å². The molecule has 29 heavy (non-hydrogen) atoms. The highest BCUT2D eigenvalue weighted by molar-refractivity contribution is 7.89. The van der Waals surface area contributed by atoms with Crippen LogP contribution in [0.25, 0.3) is 0 Å². The Morgan fingerprint density at radius 3 is 2.38 bits per heavy atom. The van der Waals surface area contributed by atoms with Gasteiger partial charge in [-0.25, -0.2) is 13.2 Å². The molecule has 0 aliphatic heterocycles. The Morgan fingerprint density at radius 1 is 1.21 bits per heavy atom. The Bertz CT molecular complexity index is 1070. The summed E-state index contributed by atoms with van der Waals surface area (Å²) < 4.78 is 67.0. The van der Waals surface area contributed by atoms with Crippen LogP contribution >= 0.6 is 11.6 Å². The molecular weight excluding hydrogens is 433 g/mol. The molecule has 1 fully saturated rings. The first-order chi connectivity index (χ1) is 13.4. The third-order valence-electron chi connectivity index (χ3n) is 4.50. The van der Waals surface area contributed by atoms with Crippen LogP contribution in [0.15, 0.2) is 41.3 Å². The van der Waals surface area contributed by atoms with E-state index in [2.05, 4.69) is 5.32 Å². The number of benzene rings is 2. The number of alkyl halides is 3. The summed E-state index contributed by atoms with van der Waals surface area (Å²) in [6.45, 7) is 0. The number of hydrogen-bond donors (Lipinski definition) is 2. The molecular formula is C18H16ClF3N2O4S. The zero-order chi connectivity index (χ0) is 21.6. The van der Waals surface area contributed by atoms with Gasteiger partial charge in [-0.15, -0.1) is 0 Å². The summed E-state index contributed by atoms with van der Waals surface area (Å²) in [6.07, 6.45) is -3.68. The number of sulfonamides is 1. The quantitative estimate of drug-likeness (QED) is 0.675. The van der Waals surface area contributed by atoms with Crippen LogP contribution in [0.4, 0.5) is 24.5 Å². The Hall–Kier alpha value is -2.30. The van der Waals surface area contributed by atoms with E-state index in [1.807, 2.05) is 0 Å². The molecule has 1 aliphatic rings. The molecule has 156 valence electrons. The Balaban J connectivity index is 1.99. The van der Waals surface area contributed by atoms with Crippen LogP contribution in [-0.2, 0) is 16.2 Å². The van der Waals surface area contributed by atoms with Crippen molar-refractivity contribution in [2.24, 2.45) is 0 Å². The van der Waals surface area contributed by atoms with E-state index in [1.165, 1.54) is 25.2 Å². The third kappa shape index (κ3) is 4.49. The molecule has 1 aliphatic carbocycles. The van der Waals surface area contributed by atoms with Crippen LogP contribution in [0.5, 0.6) is 0 Å². The minimum atomic E-state index is -4.90. The molecule has 0 bridgehead atoms. The summed E-state index contributed by atoms with van der Waals surface area (Å²) >= 11 is 5.99. The Kier molecular flexibility index (Phi) is 5.54. The molecule has 0 heterocycles. The van der Waals surface area contributed by atoms with Crippen molar-refractivity contribution >= 4 is 39.0 Å². The maximum absolute atomic E-state index is 13.6. The number of hydrogen-bond acceptors (Lipinski definition) is 4. The van der Waals surface area contributed by atoms with Gasteiger partial charge in [-0.2, -0.15) is 17.5 Å². The van der Waals surface area contributed by atoms with Crippen molar-refractivity contribution in [1.29, 1.82) is 0 Å². The molecule has 1 saturated carbocycles. The van der Waals surface area contributed by atoms with Crippen molar-refractivity contribution < 1.29 is 31.5 Å². The van der Waals surface area contributed by atoms with E-state index in [4.69, 9.17) is 16.7 Å². The summed E-state index contributed by atoms with van der Waals surface area (Å²) in [5.74, 6) is -1.20. The fourth-order valence-electron chi connectivity index (χ4n) is 2.75. The molecule has 0 amide bonds. The molecule has 11 heteroatoms. The van der Waals surface area contributed by atoms with Crippen molar-refractivity contribution in [3.63, 3.8) is 0 Å². The largest absolute Gasteiger partial charge is 0.478 e. The fourth-order valence-corrected chi connectivity index (χ4v) is 4.58. The Morgan fingerprint density at radius 2 is 1.86 bits per heavy atom. The molecule has 0 saturated heterocycles. The van der Waals surface area contributed by atoms with Gasteiger partial charge >= 0.3 is 12.1 Å². The molecule has 2 N–H and O–H groups in total. The maximum Gasteiger partial charge on any atom is 0.417 e. The fraction of sp³-hybridized carbons (Fsp3) is 0.278. The average molecular weight is 449 g/mol. The molecule has 0 unspecified atom stereocenters. The number of carboxylic acid groups (broad SMARTS) is 1. The van der Waals surface area contributed by atoms with Gasteiger partial charge in [-0.1, -0.05) is 11.6 Å². The van der Waals surface area contributed by atoms with Crippen molar-refractivity contribution in [2.45, 2.75) is 30.0 Å². The molecule has 3 rings (SSSR count). The lowest BCUT2D eigenvalue weighted by Crippen LogP contribution is -2.30. The molecule has 2 aromatic carbocycles. The van der Waals surface area contributed by atoms with E-state index in [-0.39, 0.29) is 28.0 Å². The van der Waals surface area contributed by atoms with E-state index in [9.17, 15) is 26.4 Å². The van der Waals surface area contributed by atoms with Gasteiger partial charge in [0, 0.05) is 18.8 Å². The SMILES string of the molecule is CN(C1CC1)S(=O)(=O)c1ccc(Nc2ccc(C(=O)O)cc2Cl)cc1C(F)(F)F. The molecule has 0 radical (unpaired) electrons.